The Bertz CT molecular complexity index is 813. The highest BCUT2D eigenvalue weighted by atomic mass is 35.5. The van der Waals surface area contributed by atoms with Crippen molar-refractivity contribution in [1.82, 2.24) is 9.55 Å². The Kier molecular flexibility index (Phi) is 4.20. The van der Waals surface area contributed by atoms with Crippen LogP contribution in [0.4, 0.5) is 17.6 Å². The van der Waals surface area contributed by atoms with E-state index in [4.69, 9.17) is 11.6 Å². The van der Waals surface area contributed by atoms with Crippen LogP contribution in [-0.2, 0) is 12.7 Å². The second-order valence-electron chi connectivity index (χ2n) is 6.19. The molecule has 2 aromatic rings. The summed E-state index contributed by atoms with van der Waals surface area (Å²) in [5.74, 6) is -0.631. The lowest BCUT2D eigenvalue weighted by Crippen LogP contribution is -2.46. The Morgan fingerprint density at radius 1 is 1.32 bits per heavy atom. The van der Waals surface area contributed by atoms with Crippen LogP contribution in [0.25, 0.3) is 5.57 Å². The lowest BCUT2D eigenvalue weighted by molar-refractivity contribution is -0.144. The summed E-state index contributed by atoms with van der Waals surface area (Å²) in [7, 11) is 0. The highest BCUT2D eigenvalue weighted by Crippen LogP contribution is 2.56. The fourth-order valence-electron chi connectivity index (χ4n) is 2.89. The quantitative estimate of drug-likeness (QED) is 0.627. The molecule has 1 aliphatic carbocycles. The van der Waals surface area contributed by atoms with Gasteiger partial charge in [-0.3, -0.25) is 0 Å². The second-order valence-corrected chi connectivity index (χ2v) is 6.91. The molecule has 0 saturated heterocycles. The van der Waals surface area contributed by atoms with Gasteiger partial charge in [0.05, 0.1) is 23.9 Å². The molecule has 3 rings (SSSR count). The predicted octanol–water partition coefficient (Wildman–Crippen LogP) is 4.26. The van der Waals surface area contributed by atoms with E-state index in [1.807, 2.05) is 0 Å². The minimum absolute atomic E-state index is 0.0191. The van der Waals surface area contributed by atoms with E-state index < -0.39 is 34.7 Å². The minimum atomic E-state index is -4.64. The largest absolute Gasteiger partial charge is 0.432 e. The van der Waals surface area contributed by atoms with Gasteiger partial charge in [0.25, 0.3) is 0 Å². The Morgan fingerprint density at radius 3 is 2.52 bits per heavy atom. The van der Waals surface area contributed by atoms with Crippen LogP contribution in [0.2, 0.25) is 0 Å². The molecule has 1 N–H and O–H groups in total. The zero-order chi connectivity index (χ0) is 18.5. The number of halogens is 5. The standard InChI is InChI=1S/C17H15ClF4N2O/c1-11(12-4-2-3-5-13(12)19)16(25,15(18)6-7-15)9-24-10-23-8-14(24)17(20,21)22/h2-5,8,10,25H,1,6-7,9H2. The Balaban J connectivity index is 2.03. The predicted molar refractivity (Wildman–Crippen MR) is 85.4 cm³/mol. The van der Waals surface area contributed by atoms with E-state index in [0.717, 1.165) is 10.9 Å². The van der Waals surface area contributed by atoms with E-state index >= 15 is 0 Å². The number of aliphatic hydroxyl groups is 1. The average molecular weight is 375 g/mol. The van der Waals surface area contributed by atoms with E-state index in [1.165, 1.54) is 18.2 Å². The van der Waals surface area contributed by atoms with Crippen molar-refractivity contribution in [1.29, 1.82) is 0 Å². The zero-order valence-electron chi connectivity index (χ0n) is 13.0. The van der Waals surface area contributed by atoms with Crippen LogP contribution in [0.3, 0.4) is 0 Å². The van der Waals surface area contributed by atoms with Gasteiger partial charge in [0, 0.05) is 5.56 Å². The molecule has 134 valence electrons. The molecule has 25 heavy (non-hydrogen) atoms. The molecule has 0 radical (unpaired) electrons. The third-order valence-electron chi connectivity index (χ3n) is 4.53. The fraction of sp³-hybridized carbons (Fsp3) is 0.353. The molecule has 1 unspecified atom stereocenters. The number of benzene rings is 1. The van der Waals surface area contributed by atoms with Gasteiger partial charge in [-0.1, -0.05) is 24.8 Å². The maximum absolute atomic E-state index is 14.1. The smallest absolute Gasteiger partial charge is 0.381 e. The first-order valence-electron chi connectivity index (χ1n) is 7.51. The summed E-state index contributed by atoms with van der Waals surface area (Å²) in [6, 6.07) is 5.61. The van der Waals surface area contributed by atoms with Crippen LogP contribution < -0.4 is 0 Å². The SMILES string of the molecule is C=C(c1ccccc1F)C(O)(Cn1cncc1C(F)(F)F)C1(Cl)CC1. The van der Waals surface area contributed by atoms with E-state index in [2.05, 4.69) is 11.6 Å². The number of hydrogen-bond donors (Lipinski definition) is 1. The average Bonchev–Trinajstić information content (AvgIpc) is 3.11. The van der Waals surface area contributed by atoms with Gasteiger partial charge < -0.3 is 9.67 Å². The molecule has 0 aliphatic heterocycles. The number of hydrogen-bond acceptors (Lipinski definition) is 2. The Labute approximate surface area is 146 Å². The van der Waals surface area contributed by atoms with E-state index in [1.54, 1.807) is 6.07 Å². The molecule has 1 saturated carbocycles. The monoisotopic (exact) mass is 374 g/mol. The Morgan fingerprint density at radius 2 is 1.96 bits per heavy atom. The summed E-state index contributed by atoms with van der Waals surface area (Å²) < 4.78 is 54.2. The topological polar surface area (TPSA) is 38.0 Å². The van der Waals surface area contributed by atoms with Gasteiger partial charge >= 0.3 is 6.18 Å². The number of aromatic nitrogens is 2. The lowest BCUT2D eigenvalue weighted by Gasteiger charge is -2.36. The second kappa shape index (κ2) is 5.85. The Hall–Kier alpha value is -1.86. The normalized spacial score (nSPS) is 18.6. The number of nitrogens with zero attached hydrogens (tertiary/aromatic N) is 2. The van der Waals surface area contributed by atoms with Crippen LogP contribution in [0, 0.1) is 5.82 Å². The molecular formula is C17H15ClF4N2O. The summed E-state index contributed by atoms with van der Waals surface area (Å²) in [6.45, 7) is 3.22. The van der Waals surface area contributed by atoms with Crippen molar-refractivity contribution in [3.8, 4) is 0 Å². The van der Waals surface area contributed by atoms with Crippen LogP contribution in [0.15, 0.2) is 43.4 Å². The molecule has 8 heteroatoms. The van der Waals surface area contributed by atoms with Crippen molar-refractivity contribution in [3.05, 3.63) is 60.4 Å². The summed E-state index contributed by atoms with van der Waals surface area (Å²) in [5.41, 5.74) is -3.02. The first-order valence-corrected chi connectivity index (χ1v) is 7.89. The summed E-state index contributed by atoms with van der Waals surface area (Å²) in [4.78, 5) is 2.31. The van der Waals surface area contributed by atoms with Gasteiger partial charge in [-0.15, -0.1) is 11.6 Å². The highest BCUT2D eigenvalue weighted by molar-refractivity contribution is 6.27. The molecule has 0 amide bonds. The molecule has 1 fully saturated rings. The third-order valence-corrected chi connectivity index (χ3v) is 5.22. The van der Waals surface area contributed by atoms with Crippen LogP contribution in [0.1, 0.15) is 24.1 Å². The van der Waals surface area contributed by atoms with Crippen molar-refractivity contribution >= 4 is 17.2 Å². The first kappa shape index (κ1) is 17.9. The van der Waals surface area contributed by atoms with Gasteiger partial charge in [0.15, 0.2) is 0 Å². The van der Waals surface area contributed by atoms with E-state index in [-0.39, 0.29) is 11.1 Å². The first-order chi connectivity index (χ1) is 11.6. The van der Waals surface area contributed by atoms with Crippen molar-refractivity contribution in [2.24, 2.45) is 0 Å². The molecule has 0 spiro atoms. The number of rotatable bonds is 5. The maximum Gasteiger partial charge on any atom is 0.432 e. The number of imidazole rings is 1. The van der Waals surface area contributed by atoms with Crippen LogP contribution in [0.5, 0.6) is 0 Å². The third kappa shape index (κ3) is 3.06. The van der Waals surface area contributed by atoms with Crippen molar-refractivity contribution in [2.45, 2.75) is 36.0 Å². The zero-order valence-corrected chi connectivity index (χ0v) is 13.8. The summed E-state index contributed by atoms with van der Waals surface area (Å²) in [6.07, 6.45) is -2.24. The van der Waals surface area contributed by atoms with Crippen LogP contribution >= 0.6 is 11.6 Å². The van der Waals surface area contributed by atoms with E-state index in [9.17, 15) is 22.7 Å². The van der Waals surface area contributed by atoms with E-state index in [0.29, 0.717) is 19.0 Å². The minimum Gasteiger partial charge on any atom is -0.381 e. The van der Waals surface area contributed by atoms with Crippen molar-refractivity contribution in [2.75, 3.05) is 0 Å². The van der Waals surface area contributed by atoms with Crippen molar-refractivity contribution < 1.29 is 22.7 Å². The fourth-order valence-corrected chi connectivity index (χ4v) is 3.16. The molecule has 1 aliphatic rings. The van der Waals surface area contributed by atoms with Gasteiger partial charge in [0.2, 0.25) is 0 Å². The number of alkyl halides is 4. The van der Waals surface area contributed by atoms with Gasteiger partial charge in [0.1, 0.15) is 17.1 Å². The molecule has 1 aromatic carbocycles. The summed E-state index contributed by atoms with van der Waals surface area (Å²) >= 11 is 6.38. The lowest BCUT2D eigenvalue weighted by atomic mass is 9.84. The van der Waals surface area contributed by atoms with Gasteiger partial charge in [-0.2, -0.15) is 13.2 Å². The molecule has 0 bridgehead atoms. The highest BCUT2D eigenvalue weighted by Gasteiger charge is 2.60. The molecular weight excluding hydrogens is 360 g/mol. The molecule has 1 aromatic heterocycles. The van der Waals surface area contributed by atoms with Crippen LogP contribution in [-0.4, -0.2) is 25.1 Å². The molecule has 3 nitrogen and oxygen atoms in total. The van der Waals surface area contributed by atoms with Crippen molar-refractivity contribution in [3.63, 3.8) is 0 Å². The maximum atomic E-state index is 14.1. The summed E-state index contributed by atoms with van der Waals surface area (Å²) in [5, 5.41) is 11.2. The molecule has 1 atom stereocenters. The molecule has 1 heterocycles. The van der Waals surface area contributed by atoms with Gasteiger partial charge in [-0.05, 0) is 24.5 Å². The van der Waals surface area contributed by atoms with Gasteiger partial charge in [-0.25, -0.2) is 9.37 Å².